The molecule has 0 saturated carbocycles. The van der Waals surface area contributed by atoms with Crippen LogP contribution >= 0.6 is 0 Å². The van der Waals surface area contributed by atoms with E-state index >= 15 is 0 Å². The zero-order valence-corrected chi connectivity index (χ0v) is 11.6. The first kappa shape index (κ1) is 13.3. The lowest BCUT2D eigenvalue weighted by atomic mass is 10.2. The zero-order valence-electron chi connectivity index (χ0n) is 11.6. The smallest absolute Gasteiger partial charge is 0.256 e. The second-order valence-corrected chi connectivity index (χ2v) is 4.63. The Hall–Kier alpha value is -2.66. The first-order chi connectivity index (χ1) is 10.3. The molecule has 0 aliphatic carbocycles. The van der Waals surface area contributed by atoms with E-state index in [1.807, 2.05) is 31.3 Å². The highest BCUT2D eigenvalue weighted by molar-refractivity contribution is 6.07. The number of anilines is 1. The number of hydrogen-bond donors (Lipinski definition) is 2. The van der Waals surface area contributed by atoms with Gasteiger partial charge in [-0.25, -0.2) is 4.98 Å². The van der Waals surface area contributed by atoms with Crippen LogP contribution in [0.5, 0.6) is 0 Å². The monoisotopic (exact) mass is 281 g/mol. The summed E-state index contributed by atoms with van der Waals surface area (Å²) in [4.78, 5) is 16.4. The van der Waals surface area contributed by atoms with Crippen LogP contribution < -0.4 is 10.6 Å². The maximum Gasteiger partial charge on any atom is 0.256 e. The fraction of sp³-hybridized carbons (Fsp3) is 0.125. The van der Waals surface area contributed by atoms with E-state index in [1.54, 1.807) is 24.4 Å². The summed E-state index contributed by atoms with van der Waals surface area (Å²) in [6.45, 7) is 0.626. The number of nitrogens with zero attached hydrogens (tertiary/aromatic N) is 1. The first-order valence-corrected chi connectivity index (χ1v) is 6.66. The maximum absolute atomic E-state index is 12.2. The molecule has 0 radical (unpaired) electrons. The first-order valence-electron chi connectivity index (χ1n) is 6.66. The molecule has 3 rings (SSSR count). The number of amides is 1. The number of hydrogen-bond acceptors (Lipinski definition) is 4. The Bertz CT molecular complexity index is 766. The van der Waals surface area contributed by atoms with Gasteiger partial charge < -0.3 is 15.1 Å². The molecule has 0 aliphatic heterocycles. The summed E-state index contributed by atoms with van der Waals surface area (Å²) < 4.78 is 5.68. The van der Waals surface area contributed by atoms with Gasteiger partial charge in [-0.05, 0) is 31.3 Å². The third kappa shape index (κ3) is 2.78. The van der Waals surface area contributed by atoms with E-state index in [9.17, 15) is 4.79 Å². The van der Waals surface area contributed by atoms with Crippen molar-refractivity contribution in [3.8, 4) is 0 Å². The second kappa shape index (κ2) is 5.76. The van der Waals surface area contributed by atoms with Gasteiger partial charge in [0.05, 0.1) is 11.9 Å². The van der Waals surface area contributed by atoms with Gasteiger partial charge >= 0.3 is 0 Å². The molecule has 0 atom stereocenters. The Morgan fingerprint density at radius 1 is 1.24 bits per heavy atom. The summed E-state index contributed by atoms with van der Waals surface area (Å²) in [7, 11) is 1.85. The molecule has 2 aromatic heterocycles. The molecule has 0 bridgehead atoms. The van der Waals surface area contributed by atoms with Crippen molar-refractivity contribution in [1.29, 1.82) is 0 Å². The summed E-state index contributed by atoms with van der Waals surface area (Å²) in [5, 5.41) is 6.65. The van der Waals surface area contributed by atoms with Gasteiger partial charge in [0.2, 0.25) is 0 Å². The van der Waals surface area contributed by atoms with Crippen LogP contribution in [0.4, 0.5) is 5.82 Å². The Balaban J connectivity index is 1.91. The molecule has 1 amide bonds. The van der Waals surface area contributed by atoms with Gasteiger partial charge in [0.1, 0.15) is 17.2 Å². The van der Waals surface area contributed by atoms with Gasteiger partial charge in [-0.1, -0.05) is 18.2 Å². The van der Waals surface area contributed by atoms with Gasteiger partial charge in [0, 0.05) is 11.8 Å². The van der Waals surface area contributed by atoms with Crippen molar-refractivity contribution in [2.24, 2.45) is 0 Å². The predicted octanol–water partition coefficient (Wildman–Crippen LogP) is 2.80. The zero-order chi connectivity index (χ0) is 14.7. The van der Waals surface area contributed by atoms with Crippen molar-refractivity contribution in [3.05, 3.63) is 60.0 Å². The highest BCUT2D eigenvalue weighted by Crippen LogP contribution is 2.25. The quantitative estimate of drug-likeness (QED) is 0.771. The molecule has 5 nitrogen and oxygen atoms in total. The van der Waals surface area contributed by atoms with E-state index in [2.05, 4.69) is 15.6 Å². The normalized spacial score (nSPS) is 10.7. The SMILES string of the molecule is CNCc1cc2c(NC(=O)c3ccccc3)nccc2o1. The molecule has 2 heterocycles. The molecule has 0 fully saturated rings. The van der Waals surface area contributed by atoms with Crippen LogP contribution in [0.1, 0.15) is 16.1 Å². The molecule has 0 unspecified atom stereocenters. The fourth-order valence-electron chi connectivity index (χ4n) is 2.15. The van der Waals surface area contributed by atoms with Crippen molar-refractivity contribution >= 4 is 22.7 Å². The average molecular weight is 281 g/mol. The van der Waals surface area contributed by atoms with Crippen molar-refractivity contribution < 1.29 is 9.21 Å². The molecule has 3 aromatic rings. The molecule has 21 heavy (non-hydrogen) atoms. The Kier molecular flexibility index (Phi) is 3.66. The number of rotatable bonds is 4. The molecule has 0 spiro atoms. The van der Waals surface area contributed by atoms with E-state index in [0.29, 0.717) is 23.5 Å². The van der Waals surface area contributed by atoms with Crippen LogP contribution in [-0.2, 0) is 6.54 Å². The number of carbonyl (C=O) groups excluding carboxylic acids is 1. The minimum Gasteiger partial charge on any atom is -0.460 e. The summed E-state index contributed by atoms with van der Waals surface area (Å²) in [6.07, 6.45) is 1.62. The van der Waals surface area contributed by atoms with Crippen molar-refractivity contribution in [3.63, 3.8) is 0 Å². The lowest BCUT2D eigenvalue weighted by molar-refractivity contribution is 0.102. The van der Waals surface area contributed by atoms with E-state index in [0.717, 1.165) is 11.1 Å². The number of furan rings is 1. The summed E-state index contributed by atoms with van der Waals surface area (Å²) >= 11 is 0. The van der Waals surface area contributed by atoms with E-state index in [-0.39, 0.29) is 5.91 Å². The minimum atomic E-state index is -0.188. The average Bonchev–Trinajstić information content (AvgIpc) is 2.92. The molecule has 1 aromatic carbocycles. The third-order valence-electron chi connectivity index (χ3n) is 3.12. The van der Waals surface area contributed by atoms with Crippen LogP contribution in [-0.4, -0.2) is 17.9 Å². The standard InChI is InChI=1S/C16H15N3O2/c1-17-10-12-9-13-14(21-12)7-8-18-15(13)19-16(20)11-5-3-2-4-6-11/h2-9,17H,10H2,1H3,(H,18,19,20). The number of aromatic nitrogens is 1. The summed E-state index contributed by atoms with van der Waals surface area (Å²) in [5.74, 6) is 1.12. The number of benzene rings is 1. The minimum absolute atomic E-state index is 0.188. The number of fused-ring (bicyclic) bond motifs is 1. The number of pyridine rings is 1. The lowest BCUT2D eigenvalue weighted by Crippen LogP contribution is -2.12. The molecular weight excluding hydrogens is 266 g/mol. The topological polar surface area (TPSA) is 67.2 Å². The van der Waals surface area contributed by atoms with Crippen LogP contribution in [0, 0.1) is 0 Å². The Morgan fingerprint density at radius 2 is 2.05 bits per heavy atom. The van der Waals surface area contributed by atoms with Crippen molar-refractivity contribution in [1.82, 2.24) is 10.3 Å². The summed E-state index contributed by atoms with van der Waals surface area (Å²) in [6, 6.07) is 12.7. The van der Waals surface area contributed by atoms with Crippen LogP contribution in [0.2, 0.25) is 0 Å². The Morgan fingerprint density at radius 3 is 2.81 bits per heavy atom. The maximum atomic E-state index is 12.2. The van der Waals surface area contributed by atoms with Crippen LogP contribution in [0.3, 0.4) is 0 Å². The van der Waals surface area contributed by atoms with Crippen LogP contribution in [0.15, 0.2) is 53.1 Å². The largest absolute Gasteiger partial charge is 0.460 e. The molecular formula is C16H15N3O2. The number of nitrogens with one attached hydrogen (secondary N) is 2. The van der Waals surface area contributed by atoms with Gasteiger partial charge in [0.25, 0.3) is 5.91 Å². The highest BCUT2D eigenvalue weighted by atomic mass is 16.3. The number of carbonyl (C=O) groups is 1. The molecule has 0 saturated heterocycles. The molecule has 5 heteroatoms. The van der Waals surface area contributed by atoms with Crippen molar-refractivity contribution in [2.75, 3.05) is 12.4 Å². The summed E-state index contributed by atoms with van der Waals surface area (Å²) in [5.41, 5.74) is 1.30. The predicted molar refractivity (Wildman–Crippen MR) is 81.2 cm³/mol. The van der Waals surface area contributed by atoms with E-state index in [4.69, 9.17) is 4.42 Å². The van der Waals surface area contributed by atoms with Gasteiger partial charge in [-0.3, -0.25) is 4.79 Å². The molecule has 0 aliphatic rings. The third-order valence-corrected chi connectivity index (χ3v) is 3.12. The van der Waals surface area contributed by atoms with Gasteiger partial charge in [-0.2, -0.15) is 0 Å². The van der Waals surface area contributed by atoms with E-state index in [1.165, 1.54) is 0 Å². The van der Waals surface area contributed by atoms with Crippen LogP contribution in [0.25, 0.3) is 11.0 Å². The molecule has 106 valence electrons. The highest BCUT2D eigenvalue weighted by Gasteiger charge is 2.12. The second-order valence-electron chi connectivity index (χ2n) is 4.63. The van der Waals surface area contributed by atoms with Gasteiger partial charge in [-0.15, -0.1) is 0 Å². The Labute approximate surface area is 122 Å². The fourth-order valence-corrected chi connectivity index (χ4v) is 2.15. The van der Waals surface area contributed by atoms with E-state index < -0.39 is 0 Å². The molecule has 2 N–H and O–H groups in total. The van der Waals surface area contributed by atoms with Gasteiger partial charge in [0.15, 0.2) is 0 Å². The van der Waals surface area contributed by atoms with Crippen molar-refractivity contribution in [2.45, 2.75) is 6.54 Å². The lowest BCUT2D eigenvalue weighted by Gasteiger charge is -2.04.